The summed E-state index contributed by atoms with van der Waals surface area (Å²) in [6, 6.07) is 3.66. The number of rotatable bonds is 3. The fraction of sp³-hybridized carbons (Fsp3) is 0.583. The fourth-order valence-corrected chi connectivity index (χ4v) is 1.86. The van der Waals surface area contributed by atoms with Crippen molar-refractivity contribution in [1.29, 1.82) is 5.26 Å². The van der Waals surface area contributed by atoms with Gasteiger partial charge < -0.3 is 9.64 Å². The lowest BCUT2D eigenvalue weighted by molar-refractivity contribution is 0.122. The van der Waals surface area contributed by atoms with Crippen LogP contribution in [0.4, 0.5) is 5.69 Å². The Morgan fingerprint density at radius 3 is 2.89 bits per heavy atom. The quantitative estimate of drug-likeness (QED) is 0.766. The number of nitrogens with zero attached hydrogens (tertiary/aromatic N) is 4. The summed E-state index contributed by atoms with van der Waals surface area (Å²) in [6.07, 6.45) is 1.68. The van der Waals surface area contributed by atoms with E-state index in [4.69, 9.17) is 10.00 Å². The lowest BCUT2D eigenvalue weighted by Gasteiger charge is -2.28. The Morgan fingerprint density at radius 2 is 2.28 bits per heavy atom. The molecule has 0 spiro atoms. The molecular weight excluding hydrogens is 232 g/mol. The number of ether oxygens (including phenoxy) is 1. The highest BCUT2D eigenvalue weighted by molar-refractivity contribution is 5.43. The molecule has 1 saturated heterocycles. The molecule has 1 atom stereocenters. The molecule has 1 aliphatic rings. The maximum Gasteiger partial charge on any atom is 0.268 e. The summed E-state index contributed by atoms with van der Waals surface area (Å²) in [5, 5.41) is 12.8. The van der Waals surface area contributed by atoms with Gasteiger partial charge in [-0.2, -0.15) is 10.4 Å². The third kappa shape index (κ3) is 2.87. The van der Waals surface area contributed by atoms with Crippen molar-refractivity contribution in [3.63, 3.8) is 0 Å². The number of morpholine rings is 1. The van der Waals surface area contributed by atoms with Crippen LogP contribution in [0.15, 0.2) is 17.1 Å². The van der Waals surface area contributed by atoms with Crippen LogP contribution < -0.4 is 10.5 Å². The Labute approximate surface area is 105 Å². The summed E-state index contributed by atoms with van der Waals surface area (Å²) in [5.74, 6) is -0.218. The fourth-order valence-electron chi connectivity index (χ4n) is 1.86. The SMILES string of the molecule is CC(C#N)Cn1ncc(N2CCOCC2)cc1=O. The highest BCUT2D eigenvalue weighted by Gasteiger charge is 2.13. The van der Waals surface area contributed by atoms with Crippen LogP contribution in [0.3, 0.4) is 0 Å². The van der Waals surface area contributed by atoms with Gasteiger partial charge in [-0.25, -0.2) is 4.68 Å². The van der Waals surface area contributed by atoms with E-state index in [-0.39, 0.29) is 11.5 Å². The van der Waals surface area contributed by atoms with Gasteiger partial charge in [0.2, 0.25) is 0 Å². The second-order valence-corrected chi connectivity index (χ2v) is 4.36. The zero-order valence-electron chi connectivity index (χ0n) is 10.4. The average Bonchev–Trinajstić information content (AvgIpc) is 2.42. The average molecular weight is 248 g/mol. The van der Waals surface area contributed by atoms with Crippen molar-refractivity contribution in [2.75, 3.05) is 31.2 Å². The Balaban J connectivity index is 2.14. The predicted molar refractivity (Wildman–Crippen MR) is 66.3 cm³/mol. The molecule has 1 aliphatic heterocycles. The van der Waals surface area contributed by atoms with E-state index in [9.17, 15) is 4.79 Å². The number of hydrogen-bond donors (Lipinski definition) is 0. The van der Waals surface area contributed by atoms with Gasteiger partial charge in [-0.1, -0.05) is 0 Å². The van der Waals surface area contributed by atoms with Crippen molar-refractivity contribution in [2.24, 2.45) is 5.92 Å². The minimum Gasteiger partial charge on any atom is -0.378 e. The maximum atomic E-state index is 11.9. The molecule has 0 radical (unpaired) electrons. The molecule has 0 N–H and O–H groups in total. The van der Waals surface area contributed by atoms with Gasteiger partial charge in [-0.3, -0.25) is 4.79 Å². The minimum atomic E-state index is -0.218. The zero-order valence-corrected chi connectivity index (χ0v) is 10.4. The first-order chi connectivity index (χ1) is 8.70. The maximum absolute atomic E-state index is 11.9. The first-order valence-electron chi connectivity index (χ1n) is 6.00. The summed E-state index contributed by atoms with van der Waals surface area (Å²) >= 11 is 0. The largest absolute Gasteiger partial charge is 0.378 e. The number of aromatic nitrogens is 2. The second-order valence-electron chi connectivity index (χ2n) is 4.36. The molecule has 1 aromatic heterocycles. The smallest absolute Gasteiger partial charge is 0.268 e. The Hall–Kier alpha value is -1.87. The molecule has 0 amide bonds. The minimum absolute atomic E-state index is 0.166. The lowest BCUT2D eigenvalue weighted by atomic mass is 10.2. The Kier molecular flexibility index (Phi) is 3.95. The third-order valence-corrected chi connectivity index (χ3v) is 2.90. The molecule has 1 aromatic rings. The van der Waals surface area contributed by atoms with Crippen LogP contribution in [0.25, 0.3) is 0 Å². The Bertz CT molecular complexity index is 500. The van der Waals surface area contributed by atoms with E-state index in [1.54, 1.807) is 19.2 Å². The van der Waals surface area contributed by atoms with Crippen molar-refractivity contribution in [3.05, 3.63) is 22.6 Å². The second kappa shape index (κ2) is 5.65. The molecule has 1 unspecified atom stereocenters. The van der Waals surface area contributed by atoms with Gasteiger partial charge in [0.25, 0.3) is 5.56 Å². The molecule has 0 aliphatic carbocycles. The van der Waals surface area contributed by atoms with Crippen LogP contribution in [0, 0.1) is 17.2 Å². The molecule has 0 aromatic carbocycles. The van der Waals surface area contributed by atoms with Gasteiger partial charge in [0.15, 0.2) is 0 Å². The van der Waals surface area contributed by atoms with Gasteiger partial charge in [-0.05, 0) is 6.92 Å². The van der Waals surface area contributed by atoms with Crippen LogP contribution in [-0.4, -0.2) is 36.1 Å². The lowest BCUT2D eigenvalue weighted by Crippen LogP contribution is -2.37. The summed E-state index contributed by atoms with van der Waals surface area (Å²) in [6.45, 7) is 5.01. The van der Waals surface area contributed by atoms with E-state index in [0.717, 1.165) is 18.8 Å². The summed E-state index contributed by atoms with van der Waals surface area (Å²) in [7, 11) is 0. The van der Waals surface area contributed by atoms with E-state index in [1.807, 2.05) is 0 Å². The molecule has 2 heterocycles. The molecule has 0 saturated carbocycles. The van der Waals surface area contributed by atoms with E-state index < -0.39 is 0 Å². The van der Waals surface area contributed by atoms with E-state index in [0.29, 0.717) is 19.8 Å². The van der Waals surface area contributed by atoms with Crippen LogP contribution in [0.2, 0.25) is 0 Å². The third-order valence-electron chi connectivity index (χ3n) is 2.90. The molecule has 6 heteroatoms. The van der Waals surface area contributed by atoms with Crippen molar-refractivity contribution >= 4 is 5.69 Å². The first kappa shape index (κ1) is 12.6. The number of anilines is 1. The molecular formula is C12H16N4O2. The number of nitriles is 1. The molecule has 18 heavy (non-hydrogen) atoms. The van der Waals surface area contributed by atoms with Gasteiger partial charge >= 0.3 is 0 Å². The molecule has 6 nitrogen and oxygen atoms in total. The number of hydrogen-bond acceptors (Lipinski definition) is 5. The highest BCUT2D eigenvalue weighted by Crippen LogP contribution is 2.11. The van der Waals surface area contributed by atoms with E-state index in [2.05, 4.69) is 16.1 Å². The van der Waals surface area contributed by atoms with Crippen LogP contribution in [-0.2, 0) is 11.3 Å². The Morgan fingerprint density at radius 1 is 1.56 bits per heavy atom. The van der Waals surface area contributed by atoms with Gasteiger partial charge in [0.05, 0.1) is 43.6 Å². The normalized spacial score (nSPS) is 17.2. The van der Waals surface area contributed by atoms with E-state index >= 15 is 0 Å². The summed E-state index contributed by atoms with van der Waals surface area (Å²) in [4.78, 5) is 13.9. The van der Waals surface area contributed by atoms with Crippen LogP contribution in [0.1, 0.15) is 6.92 Å². The van der Waals surface area contributed by atoms with Gasteiger partial charge in [0.1, 0.15) is 0 Å². The first-order valence-corrected chi connectivity index (χ1v) is 6.00. The topological polar surface area (TPSA) is 71.2 Å². The van der Waals surface area contributed by atoms with E-state index in [1.165, 1.54) is 4.68 Å². The van der Waals surface area contributed by atoms with Gasteiger partial charge in [-0.15, -0.1) is 0 Å². The van der Waals surface area contributed by atoms with Crippen LogP contribution in [0.5, 0.6) is 0 Å². The highest BCUT2D eigenvalue weighted by atomic mass is 16.5. The monoisotopic (exact) mass is 248 g/mol. The van der Waals surface area contributed by atoms with Crippen molar-refractivity contribution < 1.29 is 4.74 Å². The molecule has 0 bridgehead atoms. The molecule has 1 fully saturated rings. The zero-order chi connectivity index (χ0) is 13.0. The van der Waals surface area contributed by atoms with Gasteiger partial charge in [0, 0.05) is 19.2 Å². The predicted octanol–water partition coefficient (Wildman–Crippen LogP) is 0.240. The molecule has 2 rings (SSSR count). The summed E-state index contributed by atoms with van der Waals surface area (Å²) < 4.78 is 6.59. The van der Waals surface area contributed by atoms with Crippen LogP contribution >= 0.6 is 0 Å². The molecule has 96 valence electrons. The standard InChI is InChI=1S/C12H16N4O2/c1-10(7-13)9-16-12(17)6-11(8-14-16)15-2-4-18-5-3-15/h6,8,10H,2-5,9H2,1H3. The van der Waals surface area contributed by atoms with Crippen molar-refractivity contribution in [2.45, 2.75) is 13.5 Å². The van der Waals surface area contributed by atoms with Crippen molar-refractivity contribution in [3.8, 4) is 6.07 Å². The summed E-state index contributed by atoms with van der Waals surface area (Å²) in [5.41, 5.74) is 0.658. The van der Waals surface area contributed by atoms with Crippen molar-refractivity contribution in [1.82, 2.24) is 9.78 Å².